The Balaban J connectivity index is 3.03. The van der Waals surface area contributed by atoms with Gasteiger partial charge in [-0.25, -0.2) is 4.79 Å². The smallest absolute Gasteiger partial charge is 0.346 e. The molecule has 0 unspecified atom stereocenters. The maximum absolute atomic E-state index is 11.6. The highest BCUT2D eigenvalue weighted by molar-refractivity contribution is 9.10. The molecule has 0 saturated heterocycles. The van der Waals surface area contributed by atoms with E-state index in [2.05, 4.69) is 15.9 Å². The summed E-state index contributed by atoms with van der Waals surface area (Å²) >= 11 is 9.39. The van der Waals surface area contributed by atoms with Crippen molar-refractivity contribution in [3.05, 3.63) is 31.5 Å². The third-order valence-electron chi connectivity index (χ3n) is 2.55. The van der Waals surface area contributed by atoms with Crippen molar-refractivity contribution in [2.24, 2.45) is 0 Å². The number of carbonyl (C=O) groups excluding carboxylic acids is 1. The molecule has 1 heterocycles. The number of carbonyl (C=O) groups is 1. The molecule has 0 spiro atoms. The summed E-state index contributed by atoms with van der Waals surface area (Å²) in [6, 6.07) is 1.36. The van der Waals surface area contributed by atoms with Gasteiger partial charge in [0.15, 0.2) is 23.4 Å². The Labute approximate surface area is 121 Å². The number of rotatable bonds is 3. The minimum atomic E-state index is -0.741. The van der Waals surface area contributed by atoms with Gasteiger partial charge in [0.1, 0.15) is 15.1 Å². The van der Waals surface area contributed by atoms with Crippen LogP contribution in [0.1, 0.15) is 10.4 Å². The number of fused-ring (bicyclic) bond motifs is 1. The Bertz CT molecular complexity index is 722. The minimum Gasteiger partial charge on any atom is -0.494 e. The van der Waals surface area contributed by atoms with Crippen LogP contribution in [0.5, 0.6) is 11.5 Å². The van der Waals surface area contributed by atoms with Crippen molar-refractivity contribution in [1.29, 1.82) is 0 Å². The lowest BCUT2D eigenvalue weighted by atomic mass is 10.1. The Morgan fingerprint density at radius 3 is 2.47 bits per heavy atom. The fourth-order valence-corrected chi connectivity index (χ4v) is 2.82. The zero-order chi connectivity index (χ0) is 14.2. The molecule has 0 aliphatic carbocycles. The van der Waals surface area contributed by atoms with Crippen LogP contribution in [0.15, 0.2) is 19.8 Å². The van der Waals surface area contributed by atoms with Crippen LogP contribution in [0.2, 0.25) is 5.02 Å². The summed E-state index contributed by atoms with van der Waals surface area (Å²) in [7, 11) is 2.84. The highest BCUT2D eigenvalue weighted by atomic mass is 79.9. The van der Waals surface area contributed by atoms with E-state index >= 15 is 0 Å². The van der Waals surface area contributed by atoms with Crippen molar-refractivity contribution in [2.75, 3.05) is 14.2 Å². The first-order chi connectivity index (χ1) is 9.04. The molecule has 0 bridgehead atoms. The van der Waals surface area contributed by atoms with Crippen molar-refractivity contribution in [3.8, 4) is 11.5 Å². The molecule has 0 amide bonds. The molecular formula is C12H8BrClO5. The van der Waals surface area contributed by atoms with Gasteiger partial charge in [-0.05, 0) is 22.0 Å². The fourth-order valence-electron chi connectivity index (χ4n) is 1.70. The second kappa shape index (κ2) is 5.22. The maximum Gasteiger partial charge on any atom is 0.346 e. The molecule has 0 fully saturated rings. The Kier molecular flexibility index (Phi) is 3.82. The van der Waals surface area contributed by atoms with Gasteiger partial charge in [0.25, 0.3) is 0 Å². The normalized spacial score (nSPS) is 10.5. The molecular weight excluding hydrogens is 339 g/mol. The molecule has 100 valence electrons. The van der Waals surface area contributed by atoms with Gasteiger partial charge in [0, 0.05) is 0 Å². The van der Waals surface area contributed by atoms with E-state index in [0.29, 0.717) is 16.1 Å². The van der Waals surface area contributed by atoms with Gasteiger partial charge in [-0.3, -0.25) is 4.79 Å². The van der Waals surface area contributed by atoms with Gasteiger partial charge in [-0.15, -0.1) is 0 Å². The van der Waals surface area contributed by atoms with E-state index in [0.717, 1.165) is 0 Å². The molecule has 5 nitrogen and oxygen atoms in total. The lowest BCUT2D eigenvalue weighted by Crippen LogP contribution is -2.06. The zero-order valence-corrected chi connectivity index (χ0v) is 12.3. The molecule has 2 aromatic rings. The molecule has 2 rings (SSSR count). The van der Waals surface area contributed by atoms with Crippen molar-refractivity contribution in [3.63, 3.8) is 0 Å². The van der Waals surface area contributed by atoms with E-state index in [4.69, 9.17) is 25.5 Å². The lowest BCUT2D eigenvalue weighted by Gasteiger charge is -2.13. The predicted molar refractivity (Wildman–Crippen MR) is 73.7 cm³/mol. The highest BCUT2D eigenvalue weighted by Crippen LogP contribution is 2.46. The van der Waals surface area contributed by atoms with Crippen LogP contribution >= 0.6 is 27.5 Å². The van der Waals surface area contributed by atoms with E-state index in [-0.39, 0.29) is 27.7 Å². The number of ether oxygens (including phenoxy) is 2. The molecule has 0 aliphatic heterocycles. The van der Waals surface area contributed by atoms with Gasteiger partial charge >= 0.3 is 5.63 Å². The first-order valence-corrected chi connectivity index (χ1v) is 6.24. The van der Waals surface area contributed by atoms with Crippen molar-refractivity contribution in [1.82, 2.24) is 0 Å². The number of aldehydes is 1. The third-order valence-corrected chi connectivity index (χ3v) is 3.62. The summed E-state index contributed by atoms with van der Waals surface area (Å²) in [5.41, 5.74) is -0.651. The van der Waals surface area contributed by atoms with E-state index in [1.165, 1.54) is 20.3 Å². The fraction of sp³-hybridized carbons (Fsp3) is 0.167. The molecule has 0 saturated carbocycles. The third kappa shape index (κ3) is 2.11. The van der Waals surface area contributed by atoms with Crippen molar-refractivity contribution < 1.29 is 18.7 Å². The van der Waals surface area contributed by atoms with Crippen LogP contribution in [0, 0.1) is 0 Å². The number of benzene rings is 1. The Morgan fingerprint density at radius 2 is 1.95 bits per heavy atom. The average Bonchev–Trinajstić information content (AvgIpc) is 2.40. The van der Waals surface area contributed by atoms with E-state index in [9.17, 15) is 9.59 Å². The maximum atomic E-state index is 11.6. The van der Waals surface area contributed by atoms with E-state index in [1.54, 1.807) is 0 Å². The molecule has 0 radical (unpaired) electrons. The van der Waals surface area contributed by atoms with E-state index in [1.807, 2.05) is 0 Å². The topological polar surface area (TPSA) is 65.7 Å². The molecule has 0 aliphatic rings. The quantitative estimate of drug-likeness (QED) is 0.631. The summed E-state index contributed by atoms with van der Waals surface area (Å²) in [6.07, 6.45) is 0.413. The summed E-state index contributed by atoms with van der Waals surface area (Å²) in [5, 5.41) is 0.622. The summed E-state index contributed by atoms with van der Waals surface area (Å²) < 4.78 is 15.8. The first kappa shape index (κ1) is 13.9. The molecule has 0 N–H and O–H groups in total. The van der Waals surface area contributed by atoms with Crippen LogP contribution in [0.25, 0.3) is 11.0 Å². The van der Waals surface area contributed by atoms with Crippen LogP contribution in [0.4, 0.5) is 0 Å². The average molecular weight is 348 g/mol. The Hall–Kier alpha value is -1.53. The van der Waals surface area contributed by atoms with Gasteiger partial charge in [-0.2, -0.15) is 0 Å². The highest BCUT2D eigenvalue weighted by Gasteiger charge is 2.21. The van der Waals surface area contributed by atoms with Crippen LogP contribution < -0.4 is 15.1 Å². The van der Waals surface area contributed by atoms with Gasteiger partial charge in [0.2, 0.25) is 0 Å². The van der Waals surface area contributed by atoms with Gasteiger partial charge < -0.3 is 13.9 Å². The van der Waals surface area contributed by atoms with Gasteiger partial charge in [-0.1, -0.05) is 11.6 Å². The lowest BCUT2D eigenvalue weighted by molar-refractivity contribution is 0.112. The molecule has 19 heavy (non-hydrogen) atoms. The summed E-state index contributed by atoms with van der Waals surface area (Å²) in [6.45, 7) is 0. The van der Waals surface area contributed by atoms with E-state index < -0.39 is 5.63 Å². The number of hydrogen-bond acceptors (Lipinski definition) is 5. The molecule has 1 aromatic carbocycles. The number of halogens is 2. The van der Waals surface area contributed by atoms with Crippen molar-refractivity contribution >= 4 is 44.8 Å². The first-order valence-electron chi connectivity index (χ1n) is 5.07. The largest absolute Gasteiger partial charge is 0.494 e. The van der Waals surface area contributed by atoms with Gasteiger partial charge in [0.05, 0.1) is 19.6 Å². The minimum absolute atomic E-state index is 0.112. The Morgan fingerprint density at radius 1 is 1.32 bits per heavy atom. The summed E-state index contributed by atoms with van der Waals surface area (Å²) in [4.78, 5) is 22.4. The number of hydrogen-bond donors (Lipinski definition) is 0. The molecule has 0 atom stereocenters. The zero-order valence-electron chi connectivity index (χ0n) is 9.95. The summed E-state index contributed by atoms with van der Waals surface area (Å²) in [5.74, 6) is 0.552. The van der Waals surface area contributed by atoms with Crippen LogP contribution in [0.3, 0.4) is 0 Å². The molecule has 1 aromatic heterocycles. The predicted octanol–water partition coefficient (Wildman–Crippen LogP) is 3.04. The number of methoxy groups -OCH3 is 2. The standard InChI is InChI=1S/C12H8BrClO5/c1-17-10-6-3-5(4-15)12(16)19-9(6)7(13)11(18-2)8(10)14/h3-4H,1-2H3. The monoisotopic (exact) mass is 346 g/mol. The van der Waals surface area contributed by atoms with Crippen LogP contribution in [-0.4, -0.2) is 20.5 Å². The van der Waals surface area contributed by atoms with Crippen molar-refractivity contribution in [2.45, 2.75) is 0 Å². The second-order valence-electron chi connectivity index (χ2n) is 3.54. The van der Waals surface area contributed by atoms with Crippen LogP contribution in [-0.2, 0) is 0 Å². The SMILES string of the molecule is COc1c(Cl)c(OC)c2cc(C=O)c(=O)oc2c1Br. The molecule has 7 heteroatoms. The second-order valence-corrected chi connectivity index (χ2v) is 4.72.